The summed E-state index contributed by atoms with van der Waals surface area (Å²) in [5, 5.41) is 0. The van der Waals surface area contributed by atoms with E-state index in [2.05, 4.69) is 17.0 Å². The summed E-state index contributed by atoms with van der Waals surface area (Å²) in [6, 6.07) is 8.57. The molecule has 0 aromatic heterocycles. The van der Waals surface area contributed by atoms with Gasteiger partial charge >= 0.3 is 0 Å². The van der Waals surface area contributed by atoms with E-state index in [9.17, 15) is 0 Å². The second-order valence-corrected chi connectivity index (χ2v) is 4.96. The number of methoxy groups -OCH3 is 2. The lowest BCUT2D eigenvalue weighted by Crippen LogP contribution is -2.41. The van der Waals surface area contributed by atoms with Crippen LogP contribution in [-0.2, 0) is 4.74 Å². The van der Waals surface area contributed by atoms with Crippen LogP contribution < -0.4 is 10.5 Å². The number of hydrogen-bond acceptors (Lipinski definition) is 4. The van der Waals surface area contributed by atoms with E-state index < -0.39 is 0 Å². The van der Waals surface area contributed by atoms with Crippen molar-refractivity contribution in [3.63, 3.8) is 0 Å². The monoisotopic (exact) mass is 264 g/mol. The predicted molar refractivity (Wildman–Crippen MR) is 76.4 cm³/mol. The third-order valence-electron chi connectivity index (χ3n) is 3.91. The van der Waals surface area contributed by atoms with E-state index in [-0.39, 0.29) is 0 Å². The van der Waals surface area contributed by atoms with E-state index in [1.54, 1.807) is 14.2 Å². The number of nitrogens with zero attached hydrogens (tertiary/aromatic N) is 1. The Morgan fingerprint density at radius 3 is 2.79 bits per heavy atom. The van der Waals surface area contributed by atoms with Crippen molar-refractivity contribution in [2.24, 2.45) is 5.73 Å². The molecule has 0 aliphatic carbocycles. The van der Waals surface area contributed by atoms with Crippen molar-refractivity contribution in [2.75, 3.05) is 33.9 Å². The van der Waals surface area contributed by atoms with Crippen LogP contribution in [0.5, 0.6) is 5.75 Å². The average Bonchev–Trinajstić information content (AvgIpc) is 2.48. The largest absolute Gasteiger partial charge is 0.496 e. The maximum Gasteiger partial charge on any atom is 0.123 e. The normalized spacial score (nSPS) is 24.4. The summed E-state index contributed by atoms with van der Waals surface area (Å²) in [6.45, 7) is 2.63. The van der Waals surface area contributed by atoms with Crippen LogP contribution >= 0.6 is 0 Å². The first-order chi connectivity index (χ1) is 9.30. The van der Waals surface area contributed by atoms with Crippen molar-refractivity contribution in [3.05, 3.63) is 29.8 Å². The fourth-order valence-corrected chi connectivity index (χ4v) is 2.89. The third-order valence-corrected chi connectivity index (χ3v) is 3.91. The van der Waals surface area contributed by atoms with Crippen molar-refractivity contribution in [1.82, 2.24) is 4.90 Å². The molecule has 1 aromatic carbocycles. The number of rotatable bonds is 5. The lowest BCUT2D eigenvalue weighted by Gasteiger charge is -2.39. The van der Waals surface area contributed by atoms with Crippen LogP contribution in [0.25, 0.3) is 0 Å². The van der Waals surface area contributed by atoms with Crippen LogP contribution in [0.15, 0.2) is 24.3 Å². The topological polar surface area (TPSA) is 47.7 Å². The van der Waals surface area contributed by atoms with E-state index in [1.807, 2.05) is 12.1 Å². The summed E-state index contributed by atoms with van der Waals surface area (Å²) in [7, 11) is 3.52. The van der Waals surface area contributed by atoms with Gasteiger partial charge in [0, 0.05) is 38.3 Å². The summed E-state index contributed by atoms with van der Waals surface area (Å²) in [5.41, 5.74) is 6.97. The minimum atomic E-state index is 0.323. The number of nitrogens with two attached hydrogens (primary N) is 1. The van der Waals surface area contributed by atoms with Gasteiger partial charge in [-0.25, -0.2) is 0 Å². The van der Waals surface area contributed by atoms with Crippen molar-refractivity contribution >= 4 is 0 Å². The number of hydrogen-bond donors (Lipinski definition) is 1. The molecule has 0 radical (unpaired) electrons. The Kier molecular flexibility index (Phi) is 5.19. The highest BCUT2D eigenvalue weighted by atomic mass is 16.5. The van der Waals surface area contributed by atoms with Gasteiger partial charge in [-0.05, 0) is 18.9 Å². The lowest BCUT2D eigenvalue weighted by atomic mass is 9.92. The van der Waals surface area contributed by atoms with Gasteiger partial charge < -0.3 is 15.2 Å². The van der Waals surface area contributed by atoms with E-state index in [0.717, 1.165) is 31.7 Å². The summed E-state index contributed by atoms with van der Waals surface area (Å²) in [4.78, 5) is 2.44. The van der Waals surface area contributed by atoms with Gasteiger partial charge in [0.25, 0.3) is 0 Å². The molecule has 19 heavy (non-hydrogen) atoms. The third kappa shape index (κ3) is 3.26. The van der Waals surface area contributed by atoms with Crippen molar-refractivity contribution < 1.29 is 9.47 Å². The molecule has 106 valence electrons. The molecule has 0 spiro atoms. The Labute approximate surface area is 115 Å². The number of piperidine rings is 1. The molecule has 1 aromatic rings. The second-order valence-electron chi connectivity index (χ2n) is 4.96. The Morgan fingerprint density at radius 2 is 2.11 bits per heavy atom. The Hall–Kier alpha value is -1.10. The molecule has 1 aliphatic heterocycles. The number of benzene rings is 1. The van der Waals surface area contributed by atoms with Crippen LogP contribution in [0.1, 0.15) is 24.4 Å². The standard InChI is InChI=1S/C15H24N2O2/c1-18-12-7-9-17(10-8-16)14(11-12)13-5-3-4-6-15(13)19-2/h3-6,12,14H,7-11,16H2,1-2H3. The molecule has 4 nitrogen and oxygen atoms in total. The highest BCUT2D eigenvalue weighted by Gasteiger charge is 2.30. The van der Waals surface area contributed by atoms with Gasteiger partial charge in [-0.2, -0.15) is 0 Å². The van der Waals surface area contributed by atoms with Gasteiger partial charge in [-0.15, -0.1) is 0 Å². The molecule has 1 saturated heterocycles. The van der Waals surface area contributed by atoms with Gasteiger partial charge in [0.15, 0.2) is 0 Å². The van der Waals surface area contributed by atoms with Crippen molar-refractivity contribution in [2.45, 2.75) is 25.0 Å². The van der Waals surface area contributed by atoms with E-state index in [1.165, 1.54) is 5.56 Å². The van der Waals surface area contributed by atoms with E-state index in [4.69, 9.17) is 15.2 Å². The van der Waals surface area contributed by atoms with E-state index >= 15 is 0 Å². The first-order valence-electron chi connectivity index (χ1n) is 6.90. The second kappa shape index (κ2) is 6.89. The summed E-state index contributed by atoms with van der Waals surface area (Å²) in [6.07, 6.45) is 2.39. The van der Waals surface area contributed by atoms with Crippen molar-refractivity contribution in [1.29, 1.82) is 0 Å². The van der Waals surface area contributed by atoms with Crippen LogP contribution in [-0.4, -0.2) is 44.9 Å². The molecule has 4 heteroatoms. The first kappa shape index (κ1) is 14.3. The van der Waals surface area contributed by atoms with Crippen LogP contribution in [0.3, 0.4) is 0 Å². The molecule has 1 aliphatic rings. The molecule has 0 saturated carbocycles. The first-order valence-corrected chi connectivity index (χ1v) is 6.90. The number of ether oxygens (including phenoxy) is 2. The molecule has 2 rings (SSSR count). The summed E-state index contributed by atoms with van der Waals surface area (Å²) >= 11 is 0. The van der Waals surface area contributed by atoms with Crippen LogP contribution in [0.4, 0.5) is 0 Å². The summed E-state index contributed by atoms with van der Waals surface area (Å²) < 4.78 is 11.0. The Morgan fingerprint density at radius 1 is 1.32 bits per heavy atom. The average molecular weight is 264 g/mol. The van der Waals surface area contributed by atoms with E-state index in [0.29, 0.717) is 18.7 Å². The molecule has 0 amide bonds. The maximum absolute atomic E-state index is 5.73. The zero-order valence-electron chi connectivity index (χ0n) is 11.8. The maximum atomic E-state index is 5.73. The zero-order valence-corrected chi connectivity index (χ0v) is 11.8. The molecule has 2 unspecified atom stereocenters. The van der Waals surface area contributed by atoms with Gasteiger partial charge in [-0.1, -0.05) is 18.2 Å². The Balaban J connectivity index is 2.25. The van der Waals surface area contributed by atoms with Gasteiger partial charge in [0.05, 0.1) is 13.2 Å². The summed E-state index contributed by atoms with van der Waals surface area (Å²) in [5.74, 6) is 0.950. The lowest BCUT2D eigenvalue weighted by molar-refractivity contribution is 0.0107. The van der Waals surface area contributed by atoms with Crippen molar-refractivity contribution in [3.8, 4) is 5.75 Å². The minimum absolute atomic E-state index is 0.323. The molecular formula is C15H24N2O2. The Bertz CT molecular complexity index is 397. The highest BCUT2D eigenvalue weighted by molar-refractivity contribution is 5.36. The molecule has 0 bridgehead atoms. The quantitative estimate of drug-likeness (QED) is 0.881. The number of para-hydroxylation sites is 1. The zero-order chi connectivity index (χ0) is 13.7. The van der Waals surface area contributed by atoms with Crippen LogP contribution in [0, 0.1) is 0 Å². The van der Waals surface area contributed by atoms with Crippen LogP contribution in [0.2, 0.25) is 0 Å². The molecule has 1 fully saturated rings. The molecule has 1 heterocycles. The molecule has 2 atom stereocenters. The van der Waals surface area contributed by atoms with Gasteiger partial charge in [0.1, 0.15) is 5.75 Å². The molecular weight excluding hydrogens is 240 g/mol. The predicted octanol–water partition coefficient (Wildman–Crippen LogP) is 1.81. The van der Waals surface area contributed by atoms with Gasteiger partial charge in [0.2, 0.25) is 0 Å². The SMILES string of the molecule is COc1ccccc1C1CC(OC)CCN1CCN. The number of likely N-dealkylation sites (tertiary alicyclic amines) is 1. The molecule has 2 N–H and O–H groups in total. The smallest absolute Gasteiger partial charge is 0.123 e. The minimum Gasteiger partial charge on any atom is -0.496 e. The fraction of sp³-hybridized carbons (Fsp3) is 0.600. The van der Waals surface area contributed by atoms with Gasteiger partial charge in [-0.3, -0.25) is 4.90 Å². The fourth-order valence-electron chi connectivity index (χ4n) is 2.89. The highest BCUT2D eigenvalue weighted by Crippen LogP contribution is 2.36.